The first-order chi connectivity index (χ1) is 7.79. The third kappa shape index (κ3) is 2.49. The molecule has 3 heteroatoms. The van der Waals surface area contributed by atoms with E-state index in [1.165, 1.54) is 11.1 Å². The quantitative estimate of drug-likeness (QED) is 0.821. The number of hydrogen-bond donors (Lipinski definition) is 2. The second kappa shape index (κ2) is 4.94. The maximum Gasteiger partial charge on any atom is 0.107 e. The van der Waals surface area contributed by atoms with Crippen LogP contribution < -0.4 is 5.32 Å². The van der Waals surface area contributed by atoms with E-state index in [-0.39, 0.29) is 0 Å². The zero-order chi connectivity index (χ0) is 11.4. The van der Waals surface area contributed by atoms with E-state index >= 15 is 0 Å². The lowest BCUT2D eigenvalue weighted by atomic mass is 10.0. The van der Waals surface area contributed by atoms with E-state index in [9.17, 15) is 0 Å². The van der Waals surface area contributed by atoms with E-state index in [2.05, 4.69) is 46.5 Å². The molecule has 0 aliphatic rings. The van der Waals surface area contributed by atoms with Crippen molar-refractivity contribution < 1.29 is 0 Å². The van der Waals surface area contributed by atoms with Crippen molar-refractivity contribution in [1.29, 1.82) is 0 Å². The van der Waals surface area contributed by atoms with Gasteiger partial charge in [-0.05, 0) is 19.5 Å². The smallest absolute Gasteiger partial charge is 0.107 e. The molecule has 1 atom stereocenters. The lowest BCUT2D eigenvalue weighted by Gasteiger charge is -2.15. The minimum atomic E-state index is 0.311. The third-order valence-electron chi connectivity index (χ3n) is 2.75. The molecule has 1 unspecified atom stereocenters. The van der Waals surface area contributed by atoms with Crippen molar-refractivity contribution in [1.82, 2.24) is 15.3 Å². The summed E-state index contributed by atoms with van der Waals surface area (Å²) in [6, 6.07) is 8.88. The molecule has 0 spiro atoms. The van der Waals surface area contributed by atoms with Gasteiger partial charge in [-0.1, -0.05) is 29.8 Å². The molecule has 0 saturated heterocycles. The highest BCUT2D eigenvalue weighted by Crippen LogP contribution is 2.17. The Hall–Kier alpha value is -1.61. The van der Waals surface area contributed by atoms with Gasteiger partial charge in [0.2, 0.25) is 0 Å². The Morgan fingerprint density at radius 2 is 2.31 bits per heavy atom. The lowest BCUT2D eigenvalue weighted by Crippen LogP contribution is -2.19. The predicted octanol–water partition coefficient (Wildman–Crippen LogP) is 2.22. The average molecular weight is 215 g/mol. The van der Waals surface area contributed by atoms with Crippen LogP contribution in [0.15, 0.2) is 36.7 Å². The molecule has 0 aliphatic carbocycles. The molecule has 0 radical (unpaired) electrons. The van der Waals surface area contributed by atoms with E-state index in [4.69, 9.17) is 0 Å². The van der Waals surface area contributed by atoms with Gasteiger partial charge in [-0.15, -0.1) is 0 Å². The van der Waals surface area contributed by atoms with Crippen molar-refractivity contribution >= 4 is 0 Å². The summed E-state index contributed by atoms with van der Waals surface area (Å²) in [7, 11) is 1.98. The molecule has 2 aromatic rings. The fraction of sp³-hybridized carbons (Fsp3) is 0.308. The van der Waals surface area contributed by atoms with Crippen molar-refractivity contribution in [3.63, 3.8) is 0 Å². The number of rotatable bonds is 4. The summed E-state index contributed by atoms with van der Waals surface area (Å²) in [5.41, 5.74) is 2.59. The molecule has 1 aromatic heterocycles. The molecule has 0 saturated carbocycles. The molecule has 0 amide bonds. The summed E-state index contributed by atoms with van der Waals surface area (Å²) >= 11 is 0. The molecule has 84 valence electrons. The molecule has 2 N–H and O–H groups in total. The number of nitrogens with one attached hydrogen (secondary N) is 2. The molecule has 0 fully saturated rings. The number of imidazole rings is 1. The third-order valence-corrected chi connectivity index (χ3v) is 2.75. The molecule has 0 aliphatic heterocycles. The monoisotopic (exact) mass is 215 g/mol. The summed E-state index contributed by atoms with van der Waals surface area (Å²) < 4.78 is 0. The summed E-state index contributed by atoms with van der Waals surface area (Å²) in [5.74, 6) is 1.01. The van der Waals surface area contributed by atoms with Gasteiger partial charge in [0.15, 0.2) is 0 Å². The van der Waals surface area contributed by atoms with Crippen LogP contribution in [0.1, 0.15) is 23.0 Å². The van der Waals surface area contributed by atoms with Crippen molar-refractivity contribution in [3.8, 4) is 0 Å². The summed E-state index contributed by atoms with van der Waals surface area (Å²) in [6.45, 7) is 2.11. The fourth-order valence-electron chi connectivity index (χ4n) is 1.88. The van der Waals surface area contributed by atoms with Gasteiger partial charge < -0.3 is 10.3 Å². The molecular formula is C13H17N3. The van der Waals surface area contributed by atoms with Gasteiger partial charge >= 0.3 is 0 Å². The van der Waals surface area contributed by atoms with E-state index in [0.717, 1.165) is 12.2 Å². The second-order valence-corrected chi connectivity index (χ2v) is 4.00. The molecule has 16 heavy (non-hydrogen) atoms. The van der Waals surface area contributed by atoms with Crippen LogP contribution in [0.2, 0.25) is 0 Å². The van der Waals surface area contributed by atoms with Crippen molar-refractivity contribution in [3.05, 3.63) is 53.6 Å². The standard InChI is InChI=1S/C13H17N3/c1-10-4-3-5-11(8-10)12(14-2)9-13-15-6-7-16-13/h3-8,12,14H,9H2,1-2H3,(H,15,16). The Balaban J connectivity index is 2.16. The largest absolute Gasteiger partial charge is 0.349 e. The Labute approximate surface area is 95.9 Å². The molecule has 3 nitrogen and oxygen atoms in total. The van der Waals surface area contributed by atoms with Gasteiger partial charge in [-0.2, -0.15) is 0 Å². The van der Waals surface area contributed by atoms with Crippen LogP contribution in [0.25, 0.3) is 0 Å². The van der Waals surface area contributed by atoms with E-state index < -0.39 is 0 Å². The number of aromatic amines is 1. The highest BCUT2D eigenvalue weighted by molar-refractivity contribution is 5.25. The average Bonchev–Trinajstić information content (AvgIpc) is 2.78. The van der Waals surface area contributed by atoms with Crippen molar-refractivity contribution in [2.75, 3.05) is 7.05 Å². The first kappa shape index (κ1) is 10.9. The predicted molar refractivity (Wildman–Crippen MR) is 65.3 cm³/mol. The first-order valence-electron chi connectivity index (χ1n) is 5.51. The number of aryl methyl sites for hydroxylation is 1. The van der Waals surface area contributed by atoms with Crippen molar-refractivity contribution in [2.45, 2.75) is 19.4 Å². The number of likely N-dealkylation sites (N-methyl/N-ethyl adjacent to an activating group) is 1. The highest BCUT2D eigenvalue weighted by Gasteiger charge is 2.11. The first-order valence-corrected chi connectivity index (χ1v) is 5.51. The zero-order valence-corrected chi connectivity index (χ0v) is 9.70. The Kier molecular flexibility index (Phi) is 3.37. The second-order valence-electron chi connectivity index (χ2n) is 4.00. The van der Waals surface area contributed by atoms with Crippen molar-refractivity contribution in [2.24, 2.45) is 0 Å². The lowest BCUT2D eigenvalue weighted by molar-refractivity contribution is 0.578. The van der Waals surface area contributed by atoms with Crippen LogP contribution in [0, 0.1) is 6.92 Å². The number of H-pyrrole nitrogens is 1. The number of hydrogen-bond acceptors (Lipinski definition) is 2. The summed E-state index contributed by atoms with van der Waals surface area (Å²) in [4.78, 5) is 7.39. The van der Waals surface area contributed by atoms with Gasteiger partial charge in [0.05, 0.1) is 0 Å². The highest BCUT2D eigenvalue weighted by atomic mass is 14.9. The van der Waals surface area contributed by atoms with Crippen LogP contribution in [-0.2, 0) is 6.42 Å². The van der Waals surface area contributed by atoms with Gasteiger partial charge in [0.25, 0.3) is 0 Å². The van der Waals surface area contributed by atoms with Crippen LogP contribution in [-0.4, -0.2) is 17.0 Å². The Bertz CT molecular complexity index is 434. The topological polar surface area (TPSA) is 40.7 Å². The molecule has 1 heterocycles. The van der Waals surface area contributed by atoms with Crippen LogP contribution in [0.5, 0.6) is 0 Å². The fourth-order valence-corrected chi connectivity index (χ4v) is 1.88. The molecule has 2 rings (SSSR count). The summed E-state index contributed by atoms with van der Waals surface area (Å²) in [6.07, 6.45) is 4.53. The number of benzene rings is 1. The van der Waals surface area contributed by atoms with E-state index in [1.54, 1.807) is 6.20 Å². The minimum absolute atomic E-state index is 0.311. The van der Waals surface area contributed by atoms with E-state index in [0.29, 0.717) is 6.04 Å². The van der Waals surface area contributed by atoms with Gasteiger partial charge in [-0.3, -0.25) is 0 Å². The minimum Gasteiger partial charge on any atom is -0.349 e. The maximum atomic E-state index is 4.26. The normalized spacial score (nSPS) is 12.6. The number of aromatic nitrogens is 2. The maximum absolute atomic E-state index is 4.26. The van der Waals surface area contributed by atoms with Gasteiger partial charge in [0.1, 0.15) is 5.82 Å². The van der Waals surface area contributed by atoms with Gasteiger partial charge in [0, 0.05) is 24.9 Å². The molecule has 1 aromatic carbocycles. The number of nitrogens with zero attached hydrogens (tertiary/aromatic N) is 1. The SMILES string of the molecule is CNC(Cc1ncc[nH]1)c1cccc(C)c1. The zero-order valence-electron chi connectivity index (χ0n) is 9.70. The Morgan fingerprint density at radius 1 is 1.44 bits per heavy atom. The van der Waals surface area contributed by atoms with Crippen LogP contribution in [0.3, 0.4) is 0 Å². The van der Waals surface area contributed by atoms with Crippen LogP contribution >= 0.6 is 0 Å². The molecule has 0 bridgehead atoms. The van der Waals surface area contributed by atoms with Gasteiger partial charge in [-0.25, -0.2) is 4.98 Å². The summed E-state index contributed by atoms with van der Waals surface area (Å²) in [5, 5.41) is 3.32. The van der Waals surface area contributed by atoms with Crippen LogP contribution in [0.4, 0.5) is 0 Å². The Morgan fingerprint density at radius 3 is 2.94 bits per heavy atom. The molecular weight excluding hydrogens is 198 g/mol. The van der Waals surface area contributed by atoms with E-state index in [1.807, 2.05) is 13.2 Å².